The number of unbranched alkanes of at least 4 members (excludes halogenated alkanes) is 11. The molecule has 0 radical (unpaired) electrons. The van der Waals surface area contributed by atoms with Crippen molar-refractivity contribution in [3.63, 3.8) is 0 Å². The minimum atomic E-state index is 0.953. The summed E-state index contributed by atoms with van der Waals surface area (Å²) in [6.07, 6.45) is 22.1. The maximum atomic E-state index is 10.1. The Balaban J connectivity index is 3.03. The normalized spacial score (nSPS) is 11.2. The predicted molar refractivity (Wildman–Crippen MR) is 94.0 cm³/mol. The molecule has 0 atom stereocenters. The first-order chi connectivity index (χ1) is 9.91. The standard InChI is InChI=1S/C18H34OS/c1-2-3-4-5-6-7-8-9-10-11-12-13-14-15-16-17-20-18-19/h9-10,18H,2-8,11-17H2,1H3/b10-9-. The molecular weight excluding hydrogens is 264 g/mol. The molecule has 0 aliphatic heterocycles. The second-order valence-corrected chi connectivity index (χ2v) is 6.49. The summed E-state index contributed by atoms with van der Waals surface area (Å²) in [5.41, 5.74) is 0.953. The molecule has 0 unspecified atom stereocenters. The van der Waals surface area contributed by atoms with Crippen molar-refractivity contribution in [1.82, 2.24) is 0 Å². The van der Waals surface area contributed by atoms with Crippen molar-refractivity contribution in [2.45, 2.75) is 90.4 Å². The van der Waals surface area contributed by atoms with Crippen LogP contribution in [-0.4, -0.2) is 11.4 Å². The Morgan fingerprint density at radius 1 is 0.700 bits per heavy atom. The van der Waals surface area contributed by atoms with Gasteiger partial charge in [-0.1, -0.05) is 82.2 Å². The van der Waals surface area contributed by atoms with Crippen LogP contribution < -0.4 is 0 Å². The molecule has 20 heavy (non-hydrogen) atoms. The third-order valence-corrected chi connectivity index (χ3v) is 4.25. The van der Waals surface area contributed by atoms with Crippen molar-refractivity contribution in [2.75, 3.05) is 5.75 Å². The third kappa shape index (κ3) is 17.8. The summed E-state index contributed by atoms with van der Waals surface area (Å²) in [7, 11) is 0. The molecule has 0 aliphatic carbocycles. The van der Waals surface area contributed by atoms with Gasteiger partial charge in [0.25, 0.3) is 0 Å². The van der Waals surface area contributed by atoms with Gasteiger partial charge < -0.3 is 0 Å². The highest BCUT2D eigenvalue weighted by atomic mass is 32.2. The van der Waals surface area contributed by atoms with E-state index < -0.39 is 0 Å². The van der Waals surface area contributed by atoms with Gasteiger partial charge in [-0.2, -0.15) is 0 Å². The van der Waals surface area contributed by atoms with Gasteiger partial charge in [-0.3, -0.25) is 4.79 Å². The van der Waals surface area contributed by atoms with Gasteiger partial charge in [0, 0.05) is 5.75 Å². The van der Waals surface area contributed by atoms with Gasteiger partial charge in [0.2, 0.25) is 0 Å². The summed E-state index contributed by atoms with van der Waals surface area (Å²) in [5, 5.41) is 0. The molecule has 0 rings (SSSR count). The molecule has 2 heteroatoms. The summed E-state index contributed by atoms with van der Waals surface area (Å²) in [6.45, 7) is 2.27. The van der Waals surface area contributed by atoms with E-state index in [0.717, 1.165) is 11.4 Å². The molecule has 0 aromatic rings. The molecule has 118 valence electrons. The molecule has 1 nitrogen and oxygen atoms in total. The van der Waals surface area contributed by atoms with Crippen molar-refractivity contribution in [3.8, 4) is 0 Å². The topological polar surface area (TPSA) is 17.1 Å². The summed E-state index contributed by atoms with van der Waals surface area (Å²) in [6, 6.07) is 0. The minimum Gasteiger partial charge on any atom is -0.291 e. The first-order valence-electron chi connectivity index (χ1n) is 8.62. The van der Waals surface area contributed by atoms with Crippen LogP contribution in [0.2, 0.25) is 0 Å². The number of hydrogen-bond acceptors (Lipinski definition) is 2. The van der Waals surface area contributed by atoms with Crippen molar-refractivity contribution in [1.29, 1.82) is 0 Å². The first kappa shape index (κ1) is 19.8. The lowest BCUT2D eigenvalue weighted by Gasteiger charge is -1.99. The van der Waals surface area contributed by atoms with Crippen molar-refractivity contribution >= 4 is 17.4 Å². The summed E-state index contributed by atoms with van der Waals surface area (Å²) < 4.78 is 0. The maximum Gasteiger partial charge on any atom is 0.176 e. The van der Waals surface area contributed by atoms with Crippen LogP contribution in [0.3, 0.4) is 0 Å². The van der Waals surface area contributed by atoms with E-state index in [1.807, 2.05) is 0 Å². The number of carbonyl (C=O) groups is 1. The van der Waals surface area contributed by atoms with E-state index in [1.54, 1.807) is 0 Å². The fraction of sp³-hybridized carbons (Fsp3) is 0.833. The van der Waals surface area contributed by atoms with Gasteiger partial charge in [-0.25, -0.2) is 0 Å². The predicted octanol–water partition coefficient (Wildman–Crippen LogP) is 6.56. The van der Waals surface area contributed by atoms with Crippen molar-refractivity contribution in [2.24, 2.45) is 0 Å². The highest BCUT2D eigenvalue weighted by molar-refractivity contribution is 8.11. The van der Waals surface area contributed by atoms with E-state index in [4.69, 9.17) is 0 Å². The molecule has 0 aromatic carbocycles. The Morgan fingerprint density at radius 3 is 1.75 bits per heavy atom. The number of allylic oxidation sites excluding steroid dienone is 2. The van der Waals surface area contributed by atoms with Gasteiger partial charge in [-0.15, -0.1) is 0 Å². The van der Waals surface area contributed by atoms with E-state index in [-0.39, 0.29) is 0 Å². The smallest absolute Gasteiger partial charge is 0.176 e. The Labute approximate surface area is 131 Å². The highest BCUT2D eigenvalue weighted by Gasteiger charge is 1.91. The van der Waals surface area contributed by atoms with Crippen LogP contribution >= 0.6 is 11.8 Å². The van der Waals surface area contributed by atoms with Crippen LogP contribution in [0.15, 0.2) is 12.2 Å². The van der Waals surface area contributed by atoms with Gasteiger partial charge >= 0.3 is 0 Å². The van der Waals surface area contributed by atoms with Crippen LogP contribution in [0.4, 0.5) is 0 Å². The SMILES string of the molecule is CCCCCCCC/C=C\CCCCCCCSC=O. The molecule has 0 amide bonds. The van der Waals surface area contributed by atoms with Crippen LogP contribution in [0.25, 0.3) is 0 Å². The van der Waals surface area contributed by atoms with E-state index in [9.17, 15) is 4.79 Å². The lowest BCUT2D eigenvalue weighted by Crippen LogP contribution is -1.82. The summed E-state index contributed by atoms with van der Waals surface area (Å²) >= 11 is 1.40. The number of rotatable bonds is 16. The van der Waals surface area contributed by atoms with E-state index in [1.165, 1.54) is 95.2 Å². The minimum absolute atomic E-state index is 0.953. The Morgan fingerprint density at radius 2 is 1.20 bits per heavy atom. The van der Waals surface area contributed by atoms with Gasteiger partial charge in [0.05, 0.1) is 0 Å². The molecule has 0 bridgehead atoms. The average Bonchev–Trinajstić information content (AvgIpc) is 2.47. The number of carbonyl (C=O) groups excluding carboxylic acids is 1. The van der Waals surface area contributed by atoms with Crippen LogP contribution in [0, 0.1) is 0 Å². The molecule has 0 spiro atoms. The zero-order valence-corrected chi connectivity index (χ0v) is 14.3. The quantitative estimate of drug-likeness (QED) is 0.182. The molecule has 0 aromatic heterocycles. The Hall–Kier alpha value is -0.240. The van der Waals surface area contributed by atoms with Crippen molar-refractivity contribution in [3.05, 3.63) is 12.2 Å². The van der Waals surface area contributed by atoms with Gasteiger partial charge in [0.1, 0.15) is 0 Å². The zero-order valence-electron chi connectivity index (χ0n) is 13.4. The fourth-order valence-electron chi connectivity index (χ4n) is 2.30. The Kier molecular flexibility index (Phi) is 18.5. The molecule has 0 fully saturated rings. The number of hydrogen-bond donors (Lipinski definition) is 0. The summed E-state index contributed by atoms with van der Waals surface area (Å²) in [5.74, 6) is 1.00. The fourth-order valence-corrected chi connectivity index (χ4v) is 2.77. The van der Waals surface area contributed by atoms with Crippen LogP contribution in [0.1, 0.15) is 90.4 Å². The van der Waals surface area contributed by atoms with E-state index >= 15 is 0 Å². The average molecular weight is 299 g/mol. The molecular formula is C18H34OS. The first-order valence-corrected chi connectivity index (χ1v) is 9.67. The lowest BCUT2D eigenvalue weighted by atomic mass is 10.1. The largest absolute Gasteiger partial charge is 0.291 e. The third-order valence-electron chi connectivity index (χ3n) is 3.59. The van der Waals surface area contributed by atoms with Gasteiger partial charge in [-0.05, 0) is 32.1 Å². The maximum absolute atomic E-state index is 10.1. The lowest BCUT2D eigenvalue weighted by molar-refractivity contribution is 0.570. The van der Waals surface area contributed by atoms with E-state index in [2.05, 4.69) is 19.1 Å². The van der Waals surface area contributed by atoms with Crippen molar-refractivity contribution < 1.29 is 4.79 Å². The number of thioether (sulfide) groups is 1. The van der Waals surface area contributed by atoms with Crippen LogP contribution in [-0.2, 0) is 4.79 Å². The Bertz CT molecular complexity index is 213. The zero-order chi connectivity index (χ0) is 14.7. The second kappa shape index (κ2) is 18.8. The monoisotopic (exact) mass is 298 g/mol. The molecule has 0 saturated carbocycles. The van der Waals surface area contributed by atoms with Crippen LogP contribution in [0.5, 0.6) is 0 Å². The summed E-state index contributed by atoms with van der Waals surface area (Å²) in [4.78, 5) is 10.1. The molecule has 0 saturated heterocycles. The molecule has 0 heterocycles. The molecule has 0 N–H and O–H groups in total. The second-order valence-electron chi connectivity index (χ2n) is 5.55. The molecule has 0 aliphatic rings. The highest BCUT2D eigenvalue weighted by Crippen LogP contribution is 2.10. The van der Waals surface area contributed by atoms with Gasteiger partial charge in [0.15, 0.2) is 5.62 Å². The van der Waals surface area contributed by atoms with E-state index in [0.29, 0.717) is 0 Å².